The number of carbonyl (C=O) groups is 3. The third-order valence-corrected chi connectivity index (χ3v) is 5.28. The van der Waals surface area contributed by atoms with Gasteiger partial charge >= 0.3 is 5.97 Å². The molecule has 1 heterocycles. The Morgan fingerprint density at radius 3 is 2.26 bits per heavy atom. The highest BCUT2D eigenvalue weighted by Crippen LogP contribution is 2.38. The Morgan fingerprint density at radius 1 is 1.06 bits per heavy atom. The average Bonchev–Trinajstić information content (AvgIpc) is 3.23. The van der Waals surface area contributed by atoms with E-state index in [0.717, 1.165) is 4.88 Å². The van der Waals surface area contributed by atoms with Crippen molar-refractivity contribution in [3.63, 3.8) is 0 Å². The van der Waals surface area contributed by atoms with E-state index in [1.165, 1.54) is 58.7 Å². The SMILES string of the molecule is COc1cc(/C=C/C(=O)OC(C)C(=O)c2ccc(CNC(C)=O)s2)cc(OC)c1OC. The van der Waals surface area contributed by atoms with E-state index in [4.69, 9.17) is 18.9 Å². The minimum Gasteiger partial charge on any atom is -0.493 e. The molecule has 166 valence electrons. The Bertz CT molecular complexity index is 955. The summed E-state index contributed by atoms with van der Waals surface area (Å²) < 4.78 is 21.1. The van der Waals surface area contributed by atoms with E-state index in [1.54, 1.807) is 24.3 Å². The third kappa shape index (κ3) is 6.58. The lowest BCUT2D eigenvalue weighted by molar-refractivity contribution is -0.140. The second kappa shape index (κ2) is 11.2. The van der Waals surface area contributed by atoms with Crippen LogP contribution in [0.4, 0.5) is 0 Å². The predicted octanol–water partition coefficient (Wildman–Crippen LogP) is 3.24. The second-order valence-electron chi connectivity index (χ2n) is 6.41. The van der Waals surface area contributed by atoms with Gasteiger partial charge in [0.1, 0.15) is 0 Å². The van der Waals surface area contributed by atoms with E-state index >= 15 is 0 Å². The molecule has 8 nitrogen and oxygen atoms in total. The van der Waals surface area contributed by atoms with Crippen molar-refractivity contribution in [2.24, 2.45) is 0 Å². The quantitative estimate of drug-likeness (QED) is 0.339. The maximum Gasteiger partial charge on any atom is 0.331 e. The number of carbonyl (C=O) groups excluding carboxylic acids is 3. The van der Waals surface area contributed by atoms with Crippen molar-refractivity contribution in [1.82, 2.24) is 5.32 Å². The van der Waals surface area contributed by atoms with Gasteiger partial charge in [-0.25, -0.2) is 4.79 Å². The van der Waals surface area contributed by atoms with Gasteiger partial charge in [-0.2, -0.15) is 0 Å². The Kier molecular flexibility index (Phi) is 8.63. The van der Waals surface area contributed by atoms with Crippen LogP contribution < -0.4 is 19.5 Å². The van der Waals surface area contributed by atoms with Gasteiger partial charge in [0.15, 0.2) is 17.6 Å². The molecule has 1 atom stereocenters. The highest BCUT2D eigenvalue weighted by molar-refractivity contribution is 7.14. The molecule has 1 N–H and O–H groups in total. The van der Waals surface area contributed by atoms with Crippen LogP contribution in [-0.4, -0.2) is 45.1 Å². The summed E-state index contributed by atoms with van der Waals surface area (Å²) in [6.45, 7) is 3.28. The van der Waals surface area contributed by atoms with E-state index in [9.17, 15) is 14.4 Å². The number of ketones is 1. The maximum absolute atomic E-state index is 12.5. The number of nitrogens with one attached hydrogen (secondary N) is 1. The number of rotatable bonds is 10. The average molecular weight is 448 g/mol. The van der Waals surface area contributed by atoms with Crippen molar-refractivity contribution < 1.29 is 33.3 Å². The van der Waals surface area contributed by atoms with Crippen LogP contribution in [0.3, 0.4) is 0 Å². The van der Waals surface area contributed by atoms with Crippen molar-refractivity contribution >= 4 is 35.1 Å². The number of hydrogen-bond donors (Lipinski definition) is 1. The van der Waals surface area contributed by atoms with E-state index in [0.29, 0.717) is 34.2 Å². The van der Waals surface area contributed by atoms with E-state index in [2.05, 4.69) is 5.32 Å². The summed E-state index contributed by atoms with van der Waals surface area (Å²) in [5.41, 5.74) is 0.631. The normalized spacial score (nSPS) is 11.6. The second-order valence-corrected chi connectivity index (χ2v) is 7.58. The van der Waals surface area contributed by atoms with Crippen LogP contribution in [0.15, 0.2) is 30.3 Å². The first-order chi connectivity index (χ1) is 14.8. The fourth-order valence-corrected chi connectivity index (χ4v) is 3.61. The molecule has 0 aliphatic carbocycles. The number of thiophene rings is 1. The fraction of sp³-hybridized carbons (Fsp3) is 0.318. The largest absolute Gasteiger partial charge is 0.493 e. The van der Waals surface area contributed by atoms with Crippen molar-refractivity contribution in [2.75, 3.05) is 21.3 Å². The fourth-order valence-electron chi connectivity index (χ4n) is 2.65. The molecule has 1 unspecified atom stereocenters. The summed E-state index contributed by atoms with van der Waals surface area (Å²) >= 11 is 1.25. The summed E-state index contributed by atoms with van der Waals surface area (Å²) in [6.07, 6.45) is 1.80. The molecule has 1 aromatic heterocycles. The van der Waals surface area contributed by atoms with Gasteiger partial charge in [-0.05, 0) is 42.8 Å². The first-order valence-electron chi connectivity index (χ1n) is 9.35. The van der Waals surface area contributed by atoms with Gasteiger partial charge in [0.25, 0.3) is 0 Å². The molecule has 1 amide bonds. The zero-order valence-electron chi connectivity index (χ0n) is 18.0. The molecule has 0 spiro atoms. The van der Waals surface area contributed by atoms with Crippen LogP contribution in [0.2, 0.25) is 0 Å². The molecule has 0 aliphatic rings. The van der Waals surface area contributed by atoms with Gasteiger partial charge in [0, 0.05) is 17.9 Å². The van der Waals surface area contributed by atoms with Gasteiger partial charge in [-0.15, -0.1) is 11.3 Å². The molecule has 1 aromatic carbocycles. The molecule has 0 saturated heterocycles. The zero-order valence-corrected chi connectivity index (χ0v) is 18.8. The van der Waals surface area contributed by atoms with Crippen LogP contribution in [0.1, 0.15) is 34.0 Å². The molecular formula is C22H25NO7S. The molecule has 0 fully saturated rings. The third-order valence-electron chi connectivity index (χ3n) is 4.18. The van der Waals surface area contributed by atoms with Gasteiger partial charge < -0.3 is 24.3 Å². The number of Topliss-reactive ketones (excluding diaryl/α,β-unsaturated/α-hetero) is 1. The molecule has 0 saturated carbocycles. The van der Waals surface area contributed by atoms with Crippen LogP contribution >= 0.6 is 11.3 Å². The highest BCUT2D eigenvalue weighted by Gasteiger charge is 2.20. The van der Waals surface area contributed by atoms with Gasteiger partial charge in [0.2, 0.25) is 17.4 Å². The number of benzene rings is 1. The van der Waals surface area contributed by atoms with Crippen molar-refractivity contribution in [3.05, 3.63) is 45.7 Å². The Morgan fingerprint density at radius 2 is 1.71 bits per heavy atom. The van der Waals surface area contributed by atoms with Crippen molar-refractivity contribution in [1.29, 1.82) is 0 Å². The molecule has 2 aromatic rings. The summed E-state index contributed by atoms with van der Waals surface area (Å²) in [7, 11) is 4.50. The molecule has 9 heteroatoms. The standard InChI is InChI=1S/C22H25NO7S/c1-13(21(26)19-8-7-16(31-19)12-23-14(2)24)30-20(25)9-6-15-10-17(27-3)22(29-5)18(11-15)28-4/h6-11,13H,12H2,1-5H3,(H,23,24)/b9-6+. The number of amides is 1. The maximum atomic E-state index is 12.5. The highest BCUT2D eigenvalue weighted by atomic mass is 32.1. The first-order valence-corrected chi connectivity index (χ1v) is 10.2. The summed E-state index contributed by atoms with van der Waals surface area (Å²) in [4.78, 5) is 37.0. The summed E-state index contributed by atoms with van der Waals surface area (Å²) in [5, 5.41) is 2.67. The van der Waals surface area contributed by atoms with E-state index in [-0.39, 0.29) is 11.7 Å². The lowest BCUT2D eigenvalue weighted by Gasteiger charge is -2.13. The lowest BCUT2D eigenvalue weighted by Crippen LogP contribution is -2.22. The topological polar surface area (TPSA) is 100 Å². The van der Waals surface area contributed by atoms with Gasteiger partial charge in [-0.3, -0.25) is 9.59 Å². The monoisotopic (exact) mass is 447 g/mol. The van der Waals surface area contributed by atoms with E-state index in [1.807, 2.05) is 0 Å². The van der Waals surface area contributed by atoms with Gasteiger partial charge in [-0.1, -0.05) is 0 Å². The van der Waals surface area contributed by atoms with E-state index < -0.39 is 12.1 Å². The first kappa shape index (κ1) is 23.9. The summed E-state index contributed by atoms with van der Waals surface area (Å²) in [5.74, 6) is 0.218. The van der Waals surface area contributed by atoms with Crippen LogP contribution in [0, 0.1) is 0 Å². The predicted molar refractivity (Wildman–Crippen MR) is 117 cm³/mol. The molecular weight excluding hydrogens is 422 g/mol. The van der Waals surface area contributed by atoms with Crippen molar-refractivity contribution in [2.45, 2.75) is 26.5 Å². The van der Waals surface area contributed by atoms with Crippen molar-refractivity contribution in [3.8, 4) is 17.2 Å². The number of ether oxygens (including phenoxy) is 4. The number of hydrogen-bond acceptors (Lipinski definition) is 8. The smallest absolute Gasteiger partial charge is 0.331 e. The Labute approximate surface area is 184 Å². The zero-order chi connectivity index (χ0) is 23.0. The molecule has 31 heavy (non-hydrogen) atoms. The number of methoxy groups -OCH3 is 3. The molecule has 0 aliphatic heterocycles. The lowest BCUT2D eigenvalue weighted by atomic mass is 10.1. The Balaban J connectivity index is 2.02. The van der Waals surface area contributed by atoms with Crippen LogP contribution in [0.5, 0.6) is 17.2 Å². The molecule has 0 bridgehead atoms. The van der Waals surface area contributed by atoms with Crippen LogP contribution in [-0.2, 0) is 20.9 Å². The summed E-state index contributed by atoms with van der Waals surface area (Å²) in [6, 6.07) is 6.77. The molecule has 0 radical (unpaired) electrons. The Hall–Kier alpha value is -3.33. The molecule has 2 rings (SSSR count). The number of esters is 1. The van der Waals surface area contributed by atoms with Crippen LogP contribution in [0.25, 0.3) is 6.08 Å². The van der Waals surface area contributed by atoms with Gasteiger partial charge in [0.05, 0.1) is 32.8 Å². The minimum absolute atomic E-state index is 0.150. The minimum atomic E-state index is -0.954.